The Balaban J connectivity index is 1.65. The average molecular weight is 447 g/mol. The standard InChI is InChI=1S/C21H17N7O3S/c1-27(16-6-3-14(9-22)4-7-16)21(29)17-13-28-18(11-25-20(28)12-23-17)15-5-8-19(24-10-15)26-32(2,30)31/h3-8,10-13H,1-2H3,(H,24,26). The lowest BCUT2D eigenvalue weighted by Gasteiger charge is -2.17. The topological polar surface area (TPSA) is 133 Å². The van der Waals surface area contributed by atoms with Gasteiger partial charge in [-0.25, -0.2) is 23.4 Å². The second-order valence-corrected chi connectivity index (χ2v) is 8.72. The number of carbonyl (C=O) groups is 1. The third-order valence-corrected chi connectivity index (χ3v) is 5.23. The van der Waals surface area contributed by atoms with Gasteiger partial charge >= 0.3 is 0 Å². The lowest BCUT2D eigenvalue weighted by molar-refractivity contribution is 0.0988. The van der Waals surface area contributed by atoms with Crippen LogP contribution < -0.4 is 9.62 Å². The van der Waals surface area contributed by atoms with Crippen molar-refractivity contribution >= 4 is 33.1 Å². The summed E-state index contributed by atoms with van der Waals surface area (Å²) in [4.78, 5) is 27.1. The molecule has 1 aromatic carbocycles. The smallest absolute Gasteiger partial charge is 0.278 e. The molecule has 10 nitrogen and oxygen atoms in total. The summed E-state index contributed by atoms with van der Waals surface area (Å²) >= 11 is 0. The van der Waals surface area contributed by atoms with Crippen molar-refractivity contribution in [2.45, 2.75) is 0 Å². The molecule has 1 N–H and O–H groups in total. The number of sulfonamides is 1. The fourth-order valence-corrected chi connectivity index (χ4v) is 3.56. The molecule has 3 aromatic heterocycles. The number of hydrogen-bond acceptors (Lipinski definition) is 7. The molecular formula is C21H17N7O3S. The third kappa shape index (κ3) is 4.26. The molecule has 4 rings (SSSR count). The summed E-state index contributed by atoms with van der Waals surface area (Å²) in [5.74, 6) is -0.131. The lowest BCUT2D eigenvalue weighted by Crippen LogP contribution is -2.27. The first kappa shape index (κ1) is 21.0. The van der Waals surface area contributed by atoms with Crippen molar-refractivity contribution in [1.82, 2.24) is 19.4 Å². The number of benzene rings is 1. The van der Waals surface area contributed by atoms with Crippen LogP contribution in [0.1, 0.15) is 16.1 Å². The van der Waals surface area contributed by atoms with Crippen molar-refractivity contribution in [3.8, 4) is 17.3 Å². The Labute approximate surface area is 183 Å². The molecule has 0 saturated carbocycles. The highest BCUT2D eigenvalue weighted by atomic mass is 32.2. The van der Waals surface area contributed by atoms with Crippen molar-refractivity contribution in [2.24, 2.45) is 0 Å². The van der Waals surface area contributed by atoms with Gasteiger partial charge in [0.25, 0.3) is 5.91 Å². The van der Waals surface area contributed by atoms with E-state index in [0.29, 0.717) is 28.2 Å². The number of carbonyl (C=O) groups excluding carboxylic acids is 1. The first-order valence-electron chi connectivity index (χ1n) is 9.31. The minimum Gasteiger partial charge on any atom is -0.310 e. The summed E-state index contributed by atoms with van der Waals surface area (Å²) in [6.45, 7) is 0. The number of amides is 1. The van der Waals surface area contributed by atoms with Crippen LogP contribution in [0.15, 0.2) is 61.2 Å². The van der Waals surface area contributed by atoms with E-state index in [4.69, 9.17) is 5.26 Å². The number of nitriles is 1. The number of pyridine rings is 1. The molecule has 0 saturated heterocycles. The summed E-state index contributed by atoms with van der Waals surface area (Å²) in [5.41, 5.74) is 3.21. The normalized spacial score (nSPS) is 11.2. The first-order chi connectivity index (χ1) is 15.2. The molecule has 0 spiro atoms. The molecule has 0 radical (unpaired) electrons. The van der Waals surface area contributed by atoms with Crippen molar-refractivity contribution in [3.05, 3.63) is 72.4 Å². The maximum Gasteiger partial charge on any atom is 0.278 e. The number of nitrogens with one attached hydrogen (secondary N) is 1. The molecule has 0 aliphatic heterocycles. The quantitative estimate of drug-likeness (QED) is 0.496. The molecule has 1 amide bonds. The van der Waals surface area contributed by atoms with E-state index < -0.39 is 10.0 Å². The second-order valence-electron chi connectivity index (χ2n) is 6.97. The second kappa shape index (κ2) is 8.09. The Bertz CT molecular complexity index is 1450. The summed E-state index contributed by atoms with van der Waals surface area (Å²) in [5, 5.41) is 8.94. The van der Waals surface area contributed by atoms with E-state index in [0.717, 1.165) is 6.26 Å². The van der Waals surface area contributed by atoms with Gasteiger partial charge in [-0.3, -0.25) is 13.9 Å². The molecule has 32 heavy (non-hydrogen) atoms. The molecule has 11 heteroatoms. The van der Waals surface area contributed by atoms with E-state index in [1.807, 2.05) is 6.07 Å². The van der Waals surface area contributed by atoms with Crippen LogP contribution in [-0.4, -0.2) is 47.0 Å². The zero-order valence-corrected chi connectivity index (χ0v) is 17.9. The fourth-order valence-electron chi connectivity index (χ4n) is 3.06. The monoisotopic (exact) mass is 447 g/mol. The number of nitrogens with zero attached hydrogens (tertiary/aromatic N) is 6. The van der Waals surface area contributed by atoms with E-state index in [1.165, 1.54) is 17.3 Å². The van der Waals surface area contributed by atoms with Gasteiger partial charge in [0.2, 0.25) is 10.0 Å². The molecule has 0 unspecified atom stereocenters. The molecule has 0 aliphatic rings. The SMILES string of the molecule is CN(C(=O)c1cn2c(-c3ccc(NS(C)(=O)=O)nc3)cnc2cn1)c1ccc(C#N)cc1. The van der Waals surface area contributed by atoms with Gasteiger partial charge in [0.1, 0.15) is 11.5 Å². The van der Waals surface area contributed by atoms with Crippen LogP contribution in [0.3, 0.4) is 0 Å². The number of anilines is 2. The van der Waals surface area contributed by atoms with Gasteiger partial charge in [-0.05, 0) is 36.4 Å². The minimum atomic E-state index is -3.43. The van der Waals surface area contributed by atoms with Crippen molar-refractivity contribution in [3.63, 3.8) is 0 Å². The van der Waals surface area contributed by atoms with Crippen LogP contribution in [0.25, 0.3) is 16.9 Å². The Hall–Kier alpha value is -4.30. The number of fused-ring (bicyclic) bond motifs is 1. The maximum absolute atomic E-state index is 13.0. The zero-order chi connectivity index (χ0) is 22.9. The number of imidazole rings is 1. The van der Waals surface area contributed by atoms with E-state index in [9.17, 15) is 13.2 Å². The highest BCUT2D eigenvalue weighted by molar-refractivity contribution is 7.92. The fraction of sp³-hybridized carbons (Fsp3) is 0.0952. The molecule has 0 fully saturated rings. The molecular weight excluding hydrogens is 430 g/mol. The number of aromatic nitrogens is 4. The Morgan fingerprint density at radius 3 is 2.44 bits per heavy atom. The van der Waals surface area contributed by atoms with Gasteiger partial charge < -0.3 is 4.90 Å². The first-order valence-corrected chi connectivity index (χ1v) is 11.2. The predicted octanol–water partition coefficient (Wildman–Crippen LogP) is 2.31. The van der Waals surface area contributed by atoms with E-state index >= 15 is 0 Å². The molecule has 4 aromatic rings. The van der Waals surface area contributed by atoms with Gasteiger partial charge in [-0.2, -0.15) is 5.26 Å². The summed E-state index contributed by atoms with van der Waals surface area (Å²) < 4.78 is 26.7. The van der Waals surface area contributed by atoms with Crippen molar-refractivity contribution < 1.29 is 13.2 Å². The van der Waals surface area contributed by atoms with Gasteiger partial charge in [-0.1, -0.05) is 0 Å². The van der Waals surface area contributed by atoms with E-state index in [2.05, 4.69) is 19.7 Å². The van der Waals surface area contributed by atoms with Gasteiger partial charge in [-0.15, -0.1) is 0 Å². The lowest BCUT2D eigenvalue weighted by atomic mass is 10.2. The van der Waals surface area contributed by atoms with Gasteiger partial charge in [0, 0.05) is 30.7 Å². The average Bonchev–Trinajstić information content (AvgIpc) is 3.21. The predicted molar refractivity (Wildman–Crippen MR) is 119 cm³/mol. The van der Waals surface area contributed by atoms with Crippen LogP contribution in [0, 0.1) is 11.3 Å². The third-order valence-electron chi connectivity index (χ3n) is 4.65. The summed E-state index contributed by atoms with van der Waals surface area (Å²) in [6.07, 6.45) is 7.27. The maximum atomic E-state index is 13.0. The van der Waals surface area contributed by atoms with Crippen LogP contribution >= 0.6 is 0 Å². The van der Waals surface area contributed by atoms with Crippen molar-refractivity contribution in [2.75, 3.05) is 22.9 Å². The van der Waals surface area contributed by atoms with Gasteiger partial charge in [0.15, 0.2) is 5.65 Å². The highest BCUT2D eigenvalue weighted by Crippen LogP contribution is 2.22. The van der Waals surface area contributed by atoms with Crippen LogP contribution in [0.4, 0.5) is 11.5 Å². The Morgan fingerprint density at radius 2 is 1.81 bits per heavy atom. The highest BCUT2D eigenvalue weighted by Gasteiger charge is 2.17. The summed E-state index contributed by atoms with van der Waals surface area (Å²) in [7, 11) is -1.80. The Kier molecular flexibility index (Phi) is 5.29. The van der Waals surface area contributed by atoms with Crippen LogP contribution in [-0.2, 0) is 10.0 Å². The van der Waals surface area contributed by atoms with Gasteiger partial charge in [0.05, 0.1) is 36.0 Å². The zero-order valence-electron chi connectivity index (χ0n) is 17.1. The molecule has 3 heterocycles. The molecule has 0 aliphatic carbocycles. The van der Waals surface area contributed by atoms with Crippen LogP contribution in [0.2, 0.25) is 0 Å². The molecule has 160 valence electrons. The van der Waals surface area contributed by atoms with E-state index in [-0.39, 0.29) is 17.4 Å². The summed E-state index contributed by atoms with van der Waals surface area (Å²) in [6, 6.07) is 11.9. The minimum absolute atomic E-state index is 0.201. The largest absolute Gasteiger partial charge is 0.310 e. The van der Waals surface area contributed by atoms with E-state index in [1.54, 1.807) is 60.2 Å². The number of rotatable bonds is 5. The Morgan fingerprint density at radius 1 is 1.06 bits per heavy atom. The van der Waals surface area contributed by atoms with Crippen molar-refractivity contribution in [1.29, 1.82) is 5.26 Å². The number of hydrogen-bond donors (Lipinski definition) is 1. The molecule has 0 bridgehead atoms. The molecule has 0 atom stereocenters. The van der Waals surface area contributed by atoms with Crippen LogP contribution in [0.5, 0.6) is 0 Å².